The molecule has 0 radical (unpaired) electrons. The van der Waals surface area contributed by atoms with E-state index in [4.69, 9.17) is 5.11 Å². The minimum Gasteiger partial charge on any atom is -0.396 e. The first kappa shape index (κ1) is 12.2. The van der Waals surface area contributed by atoms with Crippen molar-refractivity contribution < 1.29 is 15.3 Å². The number of hydrogen-bond donors (Lipinski definition) is 4. The lowest BCUT2D eigenvalue weighted by Crippen LogP contribution is -2.30. The molecular formula is C10H13N5O4. The molecule has 0 aromatic carbocycles. The zero-order chi connectivity index (χ0) is 13.6. The Morgan fingerprint density at radius 2 is 2.21 bits per heavy atom. The van der Waals surface area contributed by atoms with Gasteiger partial charge >= 0.3 is 0 Å². The van der Waals surface area contributed by atoms with Gasteiger partial charge in [0.1, 0.15) is 6.10 Å². The van der Waals surface area contributed by atoms with Crippen LogP contribution in [0.15, 0.2) is 11.1 Å². The molecule has 0 aliphatic heterocycles. The van der Waals surface area contributed by atoms with Gasteiger partial charge in [0.2, 0.25) is 0 Å². The molecule has 4 N–H and O–H groups in total. The van der Waals surface area contributed by atoms with E-state index in [0.717, 1.165) is 0 Å². The molecule has 0 spiro atoms. The van der Waals surface area contributed by atoms with Gasteiger partial charge in [0.25, 0.3) is 5.56 Å². The minimum atomic E-state index is -1.08. The summed E-state index contributed by atoms with van der Waals surface area (Å²) in [4.78, 5) is 17.9. The smallest absolute Gasteiger partial charge is 0.280 e. The van der Waals surface area contributed by atoms with Crippen LogP contribution in [-0.2, 0) is 0 Å². The van der Waals surface area contributed by atoms with E-state index in [2.05, 4.69) is 20.3 Å². The van der Waals surface area contributed by atoms with Gasteiger partial charge in [0.15, 0.2) is 11.2 Å². The van der Waals surface area contributed by atoms with Gasteiger partial charge in [-0.3, -0.25) is 4.79 Å². The number of aromatic amines is 1. The van der Waals surface area contributed by atoms with Gasteiger partial charge in [-0.05, 0) is 6.42 Å². The summed E-state index contributed by atoms with van der Waals surface area (Å²) >= 11 is 0. The highest BCUT2D eigenvalue weighted by Gasteiger charge is 2.43. The van der Waals surface area contributed by atoms with Crippen LogP contribution in [0.5, 0.6) is 0 Å². The summed E-state index contributed by atoms with van der Waals surface area (Å²) in [7, 11) is 0. The lowest BCUT2D eigenvalue weighted by Gasteiger charge is -2.16. The maximum atomic E-state index is 11.5. The fraction of sp³-hybridized carbons (Fsp3) is 0.600. The summed E-state index contributed by atoms with van der Waals surface area (Å²) in [6, 6.07) is -0.563. The highest BCUT2D eigenvalue weighted by Crippen LogP contribution is 2.35. The number of aromatic nitrogens is 5. The molecule has 0 bridgehead atoms. The van der Waals surface area contributed by atoms with E-state index in [0.29, 0.717) is 6.42 Å². The Kier molecular flexibility index (Phi) is 2.81. The molecule has 4 unspecified atom stereocenters. The highest BCUT2D eigenvalue weighted by molar-refractivity contribution is 5.67. The molecule has 3 rings (SSSR count). The summed E-state index contributed by atoms with van der Waals surface area (Å²) in [5, 5.41) is 36.5. The maximum Gasteiger partial charge on any atom is 0.280 e. The molecule has 2 heterocycles. The zero-order valence-corrected chi connectivity index (χ0v) is 9.84. The van der Waals surface area contributed by atoms with Crippen molar-refractivity contribution in [2.75, 3.05) is 6.61 Å². The van der Waals surface area contributed by atoms with E-state index in [9.17, 15) is 15.0 Å². The topological polar surface area (TPSA) is 137 Å². The van der Waals surface area contributed by atoms with Crippen LogP contribution in [0, 0.1) is 5.92 Å². The van der Waals surface area contributed by atoms with Gasteiger partial charge in [-0.25, -0.2) is 9.67 Å². The van der Waals surface area contributed by atoms with Crippen molar-refractivity contribution in [2.24, 2.45) is 5.92 Å². The molecule has 1 fully saturated rings. The van der Waals surface area contributed by atoms with Crippen LogP contribution in [-0.4, -0.2) is 59.1 Å². The standard InChI is InChI=1S/C10H13N5O4/c16-2-4-1-5(8(18)7(4)17)15-9-6(13-14-15)10(19)12-3-11-9/h3-5,7-8,16-18H,1-2H2,(H,11,12,19). The van der Waals surface area contributed by atoms with E-state index in [1.807, 2.05) is 0 Å². The van der Waals surface area contributed by atoms with Crippen molar-refractivity contribution >= 4 is 11.2 Å². The SMILES string of the molecule is O=c1[nH]cnc2c1nnn2C1CC(CO)C(O)C1O. The molecule has 1 aliphatic carbocycles. The van der Waals surface area contributed by atoms with Gasteiger partial charge < -0.3 is 20.3 Å². The zero-order valence-electron chi connectivity index (χ0n) is 9.84. The summed E-state index contributed by atoms with van der Waals surface area (Å²) in [6.45, 7) is -0.227. The number of H-pyrrole nitrogens is 1. The van der Waals surface area contributed by atoms with Crippen LogP contribution in [0.3, 0.4) is 0 Å². The Balaban J connectivity index is 2.06. The number of aliphatic hydroxyl groups excluding tert-OH is 3. The molecule has 2 aromatic rings. The van der Waals surface area contributed by atoms with Crippen molar-refractivity contribution in [3.05, 3.63) is 16.7 Å². The Bertz CT molecular complexity index is 653. The van der Waals surface area contributed by atoms with Crippen molar-refractivity contribution in [1.29, 1.82) is 0 Å². The van der Waals surface area contributed by atoms with Gasteiger partial charge in [-0.1, -0.05) is 5.21 Å². The van der Waals surface area contributed by atoms with Crippen LogP contribution >= 0.6 is 0 Å². The quantitative estimate of drug-likeness (QED) is 0.484. The number of aliphatic hydroxyl groups is 3. The number of fused-ring (bicyclic) bond motifs is 1. The first-order valence-corrected chi connectivity index (χ1v) is 5.89. The molecule has 19 heavy (non-hydrogen) atoms. The van der Waals surface area contributed by atoms with Crippen molar-refractivity contribution in [2.45, 2.75) is 24.7 Å². The first-order valence-electron chi connectivity index (χ1n) is 5.89. The van der Waals surface area contributed by atoms with Crippen LogP contribution in [0.25, 0.3) is 11.2 Å². The monoisotopic (exact) mass is 267 g/mol. The van der Waals surface area contributed by atoms with Gasteiger partial charge in [0, 0.05) is 12.5 Å². The van der Waals surface area contributed by atoms with Crippen LogP contribution in [0.2, 0.25) is 0 Å². The molecule has 102 valence electrons. The molecular weight excluding hydrogens is 254 g/mol. The first-order chi connectivity index (χ1) is 9.13. The summed E-state index contributed by atoms with van der Waals surface area (Å²) in [6.07, 6.45) is -0.545. The molecule has 0 amide bonds. The van der Waals surface area contributed by atoms with Gasteiger partial charge in [-0.15, -0.1) is 5.10 Å². The molecule has 0 saturated heterocycles. The third-order valence-corrected chi connectivity index (χ3v) is 3.59. The summed E-state index contributed by atoms with van der Waals surface area (Å²) < 4.78 is 1.33. The fourth-order valence-electron chi connectivity index (χ4n) is 2.52. The second-order valence-electron chi connectivity index (χ2n) is 4.66. The Morgan fingerprint density at radius 1 is 1.42 bits per heavy atom. The number of hydrogen-bond acceptors (Lipinski definition) is 7. The van der Waals surface area contributed by atoms with Crippen LogP contribution < -0.4 is 5.56 Å². The predicted octanol–water partition coefficient (Wildman–Crippen LogP) is -2.21. The third kappa shape index (κ3) is 1.74. The molecule has 2 aromatic heterocycles. The fourth-order valence-corrected chi connectivity index (χ4v) is 2.52. The second kappa shape index (κ2) is 4.37. The van der Waals surface area contributed by atoms with Crippen LogP contribution in [0.4, 0.5) is 0 Å². The average Bonchev–Trinajstić information content (AvgIpc) is 2.94. The largest absolute Gasteiger partial charge is 0.396 e. The molecule has 1 saturated carbocycles. The maximum absolute atomic E-state index is 11.5. The molecule has 4 atom stereocenters. The van der Waals surface area contributed by atoms with E-state index < -0.39 is 29.7 Å². The summed E-state index contributed by atoms with van der Waals surface area (Å²) in [5.41, 5.74) is -0.0850. The van der Waals surface area contributed by atoms with Crippen molar-refractivity contribution in [1.82, 2.24) is 25.0 Å². The Labute approximate surface area is 106 Å². The predicted molar refractivity (Wildman–Crippen MR) is 62.2 cm³/mol. The molecule has 1 aliphatic rings. The van der Waals surface area contributed by atoms with E-state index in [1.165, 1.54) is 11.0 Å². The van der Waals surface area contributed by atoms with E-state index in [1.54, 1.807) is 0 Å². The molecule has 9 heteroatoms. The Morgan fingerprint density at radius 3 is 2.89 bits per heavy atom. The Hall–Kier alpha value is -1.84. The van der Waals surface area contributed by atoms with Gasteiger partial charge in [-0.2, -0.15) is 0 Å². The lowest BCUT2D eigenvalue weighted by atomic mass is 10.1. The summed E-state index contributed by atoms with van der Waals surface area (Å²) in [5.74, 6) is -0.429. The van der Waals surface area contributed by atoms with Crippen LogP contribution in [0.1, 0.15) is 12.5 Å². The minimum absolute atomic E-state index is 0.0802. The average molecular weight is 267 g/mol. The second-order valence-corrected chi connectivity index (χ2v) is 4.66. The number of nitrogens with one attached hydrogen (secondary N) is 1. The third-order valence-electron chi connectivity index (χ3n) is 3.59. The number of rotatable bonds is 2. The van der Waals surface area contributed by atoms with Crippen molar-refractivity contribution in [3.8, 4) is 0 Å². The normalized spacial score (nSPS) is 31.1. The highest BCUT2D eigenvalue weighted by atomic mass is 16.3. The van der Waals surface area contributed by atoms with E-state index in [-0.39, 0.29) is 17.8 Å². The van der Waals surface area contributed by atoms with E-state index >= 15 is 0 Å². The molecule has 9 nitrogen and oxygen atoms in total. The van der Waals surface area contributed by atoms with Crippen molar-refractivity contribution in [3.63, 3.8) is 0 Å². The lowest BCUT2D eigenvalue weighted by molar-refractivity contribution is -0.00511. The van der Waals surface area contributed by atoms with Gasteiger partial charge in [0.05, 0.1) is 18.5 Å². The number of nitrogens with zero attached hydrogens (tertiary/aromatic N) is 4.